The quantitative estimate of drug-likeness (QED) is 0.557. The van der Waals surface area contributed by atoms with Crippen molar-refractivity contribution in [1.29, 1.82) is 0 Å². The number of morpholine rings is 1. The number of nitrogens with zero attached hydrogens (tertiary/aromatic N) is 2. The Morgan fingerprint density at radius 1 is 1.31 bits per heavy atom. The molecule has 1 saturated carbocycles. The van der Waals surface area contributed by atoms with Gasteiger partial charge >= 0.3 is 5.97 Å². The summed E-state index contributed by atoms with van der Waals surface area (Å²) < 4.78 is 10.8. The maximum Gasteiger partial charge on any atom is 0.313 e. The number of anilines is 1. The Kier molecular flexibility index (Phi) is 7.08. The lowest BCUT2D eigenvalue weighted by Gasteiger charge is -2.32. The van der Waals surface area contributed by atoms with Gasteiger partial charge in [-0.3, -0.25) is 14.4 Å². The van der Waals surface area contributed by atoms with Gasteiger partial charge in [-0.25, -0.2) is 4.98 Å². The van der Waals surface area contributed by atoms with E-state index in [0.717, 1.165) is 12.8 Å². The van der Waals surface area contributed by atoms with E-state index in [0.29, 0.717) is 44.8 Å². The smallest absolute Gasteiger partial charge is 0.313 e. The summed E-state index contributed by atoms with van der Waals surface area (Å²) in [6.07, 6.45) is 3.49. The van der Waals surface area contributed by atoms with E-state index in [9.17, 15) is 14.4 Å². The molecule has 0 radical (unpaired) electrons. The average Bonchev–Trinajstić information content (AvgIpc) is 3.20. The van der Waals surface area contributed by atoms with Crippen LogP contribution in [0.15, 0.2) is 18.3 Å². The van der Waals surface area contributed by atoms with Crippen molar-refractivity contribution in [3.05, 3.63) is 23.5 Å². The monoisotopic (exact) mass is 423 g/mol. The molecule has 1 atom stereocenters. The third kappa shape index (κ3) is 5.25. The van der Waals surface area contributed by atoms with Crippen molar-refractivity contribution in [3.63, 3.8) is 0 Å². The molecule has 2 heterocycles. The number of aromatic nitrogens is 1. The Bertz CT molecular complexity index is 760. The van der Waals surface area contributed by atoms with Crippen LogP contribution in [0.3, 0.4) is 0 Å². The molecule has 2 amide bonds. The lowest BCUT2D eigenvalue weighted by atomic mass is 9.82. The molecule has 0 bridgehead atoms. The van der Waals surface area contributed by atoms with Gasteiger partial charge in [0.2, 0.25) is 5.91 Å². The molecule has 0 spiro atoms. The normalized spacial score (nSPS) is 19.4. The fourth-order valence-corrected chi connectivity index (χ4v) is 3.94. The Labute approximate surface area is 174 Å². The van der Waals surface area contributed by atoms with Gasteiger partial charge < -0.3 is 19.7 Å². The number of carbonyl (C=O) groups is 3. The largest absolute Gasteiger partial charge is 0.452 e. The van der Waals surface area contributed by atoms with Crippen LogP contribution in [0.5, 0.6) is 0 Å². The molecule has 0 aromatic carbocycles. The molecular weight excluding hydrogens is 398 g/mol. The lowest BCUT2D eigenvalue weighted by molar-refractivity contribution is -0.166. The number of carbonyl (C=O) groups excluding carboxylic acids is 3. The number of halogens is 1. The molecule has 1 N–H and O–H groups in total. The summed E-state index contributed by atoms with van der Waals surface area (Å²) in [5.41, 5.74) is -0.518. The van der Waals surface area contributed by atoms with E-state index >= 15 is 0 Å². The molecule has 9 heteroatoms. The van der Waals surface area contributed by atoms with Crippen molar-refractivity contribution in [2.24, 2.45) is 5.41 Å². The zero-order chi connectivity index (χ0) is 20.9. The van der Waals surface area contributed by atoms with E-state index in [4.69, 9.17) is 21.1 Å². The van der Waals surface area contributed by atoms with Crippen LogP contribution in [0.25, 0.3) is 0 Å². The number of rotatable bonds is 6. The molecule has 0 unspecified atom stereocenters. The van der Waals surface area contributed by atoms with Gasteiger partial charge in [0, 0.05) is 25.7 Å². The topological polar surface area (TPSA) is 97.8 Å². The van der Waals surface area contributed by atoms with E-state index in [-0.39, 0.29) is 17.5 Å². The summed E-state index contributed by atoms with van der Waals surface area (Å²) in [5.74, 6) is -1.05. The molecule has 1 aromatic rings. The first-order valence-corrected chi connectivity index (χ1v) is 10.3. The molecule has 8 nitrogen and oxygen atoms in total. The van der Waals surface area contributed by atoms with Crippen LogP contribution in [-0.4, -0.2) is 60.1 Å². The van der Waals surface area contributed by atoms with Gasteiger partial charge in [0.15, 0.2) is 11.3 Å². The van der Waals surface area contributed by atoms with Gasteiger partial charge in [0.05, 0.1) is 24.3 Å². The first-order chi connectivity index (χ1) is 13.9. The molecule has 1 aliphatic carbocycles. The van der Waals surface area contributed by atoms with Crippen molar-refractivity contribution in [1.82, 2.24) is 9.88 Å². The predicted octanol–water partition coefficient (Wildman–Crippen LogP) is 2.41. The minimum absolute atomic E-state index is 0.0635. The van der Waals surface area contributed by atoms with Crippen LogP contribution < -0.4 is 5.32 Å². The van der Waals surface area contributed by atoms with Crippen LogP contribution in [0.2, 0.25) is 5.15 Å². The maximum absolute atomic E-state index is 13.0. The molecule has 158 valence electrons. The highest BCUT2D eigenvalue weighted by atomic mass is 35.5. The molecule has 1 aromatic heterocycles. The van der Waals surface area contributed by atoms with Gasteiger partial charge in [0.25, 0.3) is 5.91 Å². The molecule has 2 aliphatic rings. The van der Waals surface area contributed by atoms with Gasteiger partial charge in [-0.2, -0.15) is 0 Å². The number of hydrogen-bond donors (Lipinski definition) is 1. The Balaban J connectivity index is 1.62. The van der Waals surface area contributed by atoms with Crippen LogP contribution in [0.4, 0.5) is 5.69 Å². The van der Waals surface area contributed by atoms with E-state index in [1.165, 1.54) is 13.1 Å². The Morgan fingerprint density at radius 2 is 2.00 bits per heavy atom. The minimum Gasteiger partial charge on any atom is -0.452 e. The number of nitrogens with one attached hydrogen (secondary N) is 1. The minimum atomic E-state index is -1.02. The second kappa shape index (κ2) is 9.54. The van der Waals surface area contributed by atoms with Gasteiger partial charge in [0.1, 0.15) is 0 Å². The third-order valence-corrected chi connectivity index (χ3v) is 5.82. The van der Waals surface area contributed by atoms with Gasteiger partial charge in [-0.15, -0.1) is 0 Å². The van der Waals surface area contributed by atoms with E-state index < -0.39 is 23.4 Å². The van der Waals surface area contributed by atoms with Gasteiger partial charge in [-0.05, 0) is 31.9 Å². The summed E-state index contributed by atoms with van der Waals surface area (Å²) >= 11 is 5.95. The second-order valence-electron chi connectivity index (χ2n) is 7.54. The first-order valence-electron chi connectivity index (χ1n) is 9.89. The number of ether oxygens (including phenoxy) is 2. The number of esters is 1. The van der Waals surface area contributed by atoms with E-state index in [2.05, 4.69) is 10.3 Å². The van der Waals surface area contributed by atoms with Crippen LogP contribution in [-0.2, 0) is 23.9 Å². The zero-order valence-electron chi connectivity index (χ0n) is 16.5. The molecule has 2 fully saturated rings. The molecule has 3 rings (SSSR count). The van der Waals surface area contributed by atoms with Crippen molar-refractivity contribution < 1.29 is 23.9 Å². The highest BCUT2D eigenvalue weighted by Crippen LogP contribution is 2.43. The second-order valence-corrected chi connectivity index (χ2v) is 7.89. The maximum atomic E-state index is 13.0. The average molecular weight is 424 g/mol. The SMILES string of the molecule is C[C@H](OC(=O)C1(CC(=O)N2CCOCC2)CCCC1)C(=O)Nc1cccnc1Cl. The first kappa shape index (κ1) is 21.5. The summed E-state index contributed by atoms with van der Waals surface area (Å²) in [6.45, 7) is 3.60. The van der Waals surface area contributed by atoms with Crippen LogP contribution in [0.1, 0.15) is 39.0 Å². The van der Waals surface area contributed by atoms with Crippen LogP contribution in [0, 0.1) is 5.41 Å². The highest BCUT2D eigenvalue weighted by Gasteiger charge is 2.46. The number of amides is 2. The fourth-order valence-electron chi connectivity index (χ4n) is 3.77. The van der Waals surface area contributed by atoms with Crippen LogP contribution >= 0.6 is 11.6 Å². The molecular formula is C20H26ClN3O5. The summed E-state index contributed by atoms with van der Waals surface area (Å²) in [4.78, 5) is 43.8. The van der Waals surface area contributed by atoms with Crippen molar-refractivity contribution in [3.8, 4) is 0 Å². The van der Waals surface area contributed by atoms with Crippen molar-refractivity contribution in [2.75, 3.05) is 31.6 Å². The molecule has 1 saturated heterocycles. The summed E-state index contributed by atoms with van der Waals surface area (Å²) in [5, 5.41) is 2.77. The molecule has 29 heavy (non-hydrogen) atoms. The third-order valence-electron chi connectivity index (χ3n) is 5.52. The number of hydrogen-bond acceptors (Lipinski definition) is 6. The summed E-state index contributed by atoms with van der Waals surface area (Å²) in [7, 11) is 0. The standard InChI is InChI=1S/C20H26ClN3O5/c1-14(18(26)23-15-5-4-8-22-17(15)21)29-19(27)20(6-2-3-7-20)13-16(25)24-9-11-28-12-10-24/h4-5,8,14H,2-3,6-7,9-13H2,1H3,(H,23,26)/t14-/m0/s1. The van der Waals surface area contributed by atoms with Crippen molar-refractivity contribution >= 4 is 35.1 Å². The van der Waals surface area contributed by atoms with Gasteiger partial charge in [-0.1, -0.05) is 24.4 Å². The Morgan fingerprint density at radius 3 is 2.66 bits per heavy atom. The van der Waals surface area contributed by atoms with Crippen molar-refractivity contribution in [2.45, 2.75) is 45.1 Å². The lowest BCUT2D eigenvalue weighted by Crippen LogP contribution is -2.45. The highest BCUT2D eigenvalue weighted by molar-refractivity contribution is 6.32. The zero-order valence-corrected chi connectivity index (χ0v) is 17.2. The summed E-state index contributed by atoms with van der Waals surface area (Å²) in [6, 6.07) is 3.25. The molecule has 1 aliphatic heterocycles. The fraction of sp³-hybridized carbons (Fsp3) is 0.600. The van der Waals surface area contributed by atoms with E-state index in [1.807, 2.05) is 0 Å². The predicted molar refractivity (Wildman–Crippen MR) is 106 cm³/mol. The Hall–Kier alpha value is -2.19. The number of pyridine rings is 1. The van der Waals surface area contributed by atoms with E-state index in [1.54, 1.807) is 17.0 Å².